The Morgan fingerprint density at radius 2 is 1.55 bits per heavy atom. The fraction of sp³-hybridized carbons (Fsp3) is 0.105. The van der Waals surface area contributed by atoms with Gasteiger partial charge in [-0.15, -0.1) is 0 Å². The quantitative estimate of drug-likeness (QED) is 0.611. The highest BCUT2D eigenvalue weighted by Gasteiger charge is 2.12. The summed E-state index contributed by atoms with van der Waals surface area (Å²) in [7, 11) is 0. The first-order valence-corrected chi connectivity index (χ1v) is 6.76. The van der Waals surface area contributed by atoms with E-state index in [-0.39, 0.29) is 5.78 Å². The van der Waals surface area contributed by atoms with Crippen molar-refractivity contribution >= 4 is 16.6 Å². The molecule has 0 spiro atoms. The summed E-state index contributed by atoms with van der Waals surface area (Å²) in [6.07, 6.45) is 0. The fourth-order valence-corrected chi connectivity index (χ4v) is 2.46. The second-order valence-electron chi connectivity index (χ2n) is 5.15. The highest BCUT2D eigenvalue weighted by Crippen LogP contribution is 2.22. The molecule has 0 fully saturated rings. The lowest BCUT2D eigenvalue weighted by molar-refractivity contribution is 0.104. The molecule has 98 valence electrons. The SMILES string of the molecule is Cc1ccc(C(=O)c2cccc3ccccc23)cc1C. The molecular weight excluding hydrogens is 244 g/mol. The molecule has 0 saturated heterocycles. The van der Waals surface area contributed by atoms with Gasteiger partial charge in [0.05, 0.1) is 0 Å². The molecule has 3 aromatic rings. The number of benzene rings is 3. The van der Waals surface area contributed by atoms with Gasteiger partial charge in [-0.25, -0.2) is 0 Å². The van der Waals surface area contributed by atoms with E-state index in [0.717, 1.165) is 27.5 Å². The van der Waals surface area contributed by atoms with Crippen molar-refractivity contribution in [3.05, 3.63) is 82.9 Å². The molecule has 3 rings (SSSR count). The van der Waals surface area contributed by atoms with Crippen LogP contribution in [0.4, 0.5) is 0 Å². The molecule has 0 aliphatic heterocycles. The van der Waals surface area contributed by atoms with E-state index in [0.29, 0.717) is 0 Å². The predicted molar refractivity (Wildman–Crippen MR) is 83.3 cm³/mol. The molecule has 0 N–H and O–H groups in total. The van der Waals surface area contributed by atoms with Gasteiger partial charge in [0.25, 0.3) is 0 Å². The monoisotopic (exact) mass is 260 g/mol. The largest absolute Gasteiger partial charge is 0.289 e. The molecule has 3 aromatic carbocycles. The normalized spacial score (nSPS) is 10.7. The van der Waals surface area contributed by atoms with Crippen LogP contribution in [-0.4, -0.2) is 5.78 Å². The summed E-state index contributed by atoms with van der Waals surface area (Å²) in [6.45, 7) is 4.09. The first-order valence-electron chi connectivity index (χ1n) is 6.76. The molecule has 20 heavy (non-hydrogen) atoms. The summed E-state index contributed by atoms with van der Waals surface area (Å²) in [6, 6.07) is 19.8. The first kappa shape index (κ1) is 12.6. The van der Waals surface area contributed by atoms with Gasteiger partial charge in [-0.05, 0) is 41.8 Å². The van der Waals surface area contributed by atoms with Gasteiger partial charge in [0.2, 0.25) is 0 Å². The Morgan fingerprint density at radius 3 is 2.35 bits per heavy atom. The van der Waals surface area contributed by atoms with Crippen molar-refractivity contribution in [3.63, 3.8) is 0 Å². The third-order valence-corrected chi connectivity index (χ3v) is 3.80. The van der Waals surface area contributed by atoms with Gasteiger partial charge in [-0.3, -0.25) is 4.79 Å². The van der Waals surface area contributed by atoms with Crippen LogP contribution in [0, 0.1) is 13.8 Å². The van der Waals surface area contributed by atoms with Gasteiger partial charge in [-0.2, -0.15) is 0 Å². The number of rotatable bonds is 2. The van der Waals surface area contributed by atoms with E-state index in [4.69, 9.17) is 0 Å². The Morgan fingerprint density at radius 1 is 0.800 bits per heavy atom. The lowest BCUT2D eigenvalue weighted by Crippen LogP contribution is -2.03. The van der Waals surface area contributed by atoms with Gasteiger partial charge < -0.3 is 0 Å². The molecule has 0 aliphatic rings. The second kappa shape index (κ2) is 4.93. The van der Waals surface area contributed by atoms with Crippen LogP contribution in [0.25, 0.3) is 10.8 Å². The average Bonchev–Trinajstić information content (AvgIpc) is 2.49. The molecule has 0 saturated carbocycles. The number of carbonyl (C=O) groups is 1. The molecule has 1 heteroatoms. The van der Waals surface area contributed by atoms with E-state index in [9.17, 15) is 4.79 Å². The summed E-state index contributed by atoms with van der Waals surface area (Å²) in [5.74, 6) is 0.0879. The van der Waals surface area contributed by atoms with E-state index in [1.54, 1.807) is 0 Å². The molecule has 0 aromatic heterocycles. The van der Waals surface area contributed by atoms with E-state index in [1.807, 2.05) is 67.6 Å². The summed E-state index contributed by atoms with van der Waals surface area (Å²) in [5.41, 5.74) is 3.88. The Hall–Kier alpha value is -2.41. The van der Waals surface area contributed by atoms with Crippen LogP contribution in [0.5, 0.6) is 0 Å². The molecule has 0 heterocycles. The minimum Gasteiger partial charge on any atom is -0.289 e. The van der Waals surface area contributed by atoms with Crippen LogP contribution in [0.15, 0.2) is 60.7 Å². The number of carbonyl (C=O) groups excluding carboxylic acids is 1. The Balaban J connectivity index is 2.15. The molecular formula is C19H16O. The van der Waals surface area contributed by atoms with Crippen LogP contribution in [0.2, 0.25) is 0 Å². The molecule has 0 radical (unpaired) electrons. The maximum absolute atomic E-state index is 12.7. The van der Waals surface area contributed by atoms with Crippen LogP contribution >= 0.6 is 0 Å². The first-order chi connectivity index (χ1) is 9.66. The second-order valence-corrected chi connectivity index (χ2v) is 5.15. The summed E-state index contributed by atoms with van der Waals surface area (Å²) in [4.78, 5) is 12.7. The van der Waals surface area contributed by atoms with Crippen molar-refractivity contribution in [3.8, 4) is 0 Å². The Kier molecular flexibility index (Phi) is 3.11. The van der Waals surface area contributed by atoms with Crippen LogP contribution in [0.1, 0.15) is 27.0 Å². The third-order valence-electron chi connectivity index (χ3n) is 3.80. The maximum atomic E-state index is 12.7. The van der Waals surface area contributed by atoms with E-state index in [2.05, 4.69) is 6.92 Å². The Labute approximate surface area is 118 Å². The minimum absolute atomic E-state index is 0.0879. The van der Waals surface area contributed by atoms with Crippen molar-refractivity contribution in [2.75, 3.05) is 0 Å². The van der Waals surface area contributed by atoms with Crippen molar-refractivity contribution in [1.82, 2.24) is 0 Å². The van der Waals surface area contributed by atoms with Gasteiger partial charge in [-0.1, -0.05) is 54.6 Å². The zero-order valence-electron chi connectivity index (χ0n) is 11.7. The lowest BCUT2D eigenvalue weighted by atomic mass is 9.95. The highest BCUT2D eigenvalue weighted by molar-refractivity contribution is 6.16. The lowest BCUT2D eigenvalue weighted by Gasteiger charge is -2.07. The highest BCUT2D eigenvalue weighted by atomic mass is 16.1. The van der Waals surface area contributed by atoms with Crippen LogP contribution in [0.3, 0.4) is 0 Å². The number of hydrogen-bond acceptors (Lipinski definition) is 1. The number of hydrogen-bond donors (Lipinski definition) is 0. The number of ketones is 1. The molecule has 0 atom stereocenters. The standard InChI is InChI=1S/C19H16O/c1-13-10-11-16(12-14(13)2)19(20)18-9-5-7-15-6-3-4-8-17(15)18/h3-12H,1-2H3. The van der Waals surface area contributed by atoms with Crippen molar-refractivity contribution in [1.29, 1.82) is 0 Å². The zero-order valence-corrected chi connectivity index (χ0v) is 11.7. The Bertz CT molecular complexity index is 794. The van der Waals surface area contributed by atoms with Gasteiger partial charge in [0, 0.05) is 11.1 Å². The number of aryl methyl sites for hydroxylation is 2. The molecule has 1 nitrogen and oxygen atoms in total. The third kappa shape index (κ3) is 2.12. The van der Waals surface area contributed by atoms with E-state index in [1.165, 1.54) is 5.56 Å². The maximum Gasteiger partial charge on any atom is 0.193 e. The smallest absolute Gasteiger partial charge is 0.193 e. The predicted octanol–water partition coefficient (Wildman–Crippen LogP) is 4.69. The summed E-state index contributed by atoms with van der Waals surface area (Å²) < 4.78 is 0. The molecule has 0 bridgehead atoms. The topological polar surface area (TPSA) is 17.1 Å². The van der Waals surface area contributed by atoms with Gasteiger partial charge in [0.1, 0.15) is 0 Å². The van der Waals surface area contributed by atoms with E-state index >= 15 is 0 Å². The zero-order chi connectivity index (χ0) is 14.1. The summed E-state index contributed by atoms with van der Waals surface area (Å²) in [5, 5.41) is 2.11. The van der Waals surface area contributed by atoms with Crippen molar-refractivity contribution < 1.29 is 4.79 Å². The van der Waals surface area contributed by atoms with Crippen molar-refractivity contribution in [2.24, 2.45) is 0 Å². The molecule has 0 amide bonds. The van der Waals surface area contributed by atoms with Crippen LogP contribution in [-0.2, 0) is 0 Å². The van der Waals surface area contributed by atoms with Crippen LogP contribution < -0.4 is 0 Å². The molecule has 0 aliphatic carbocycles. The van der Waals surface area contributed by atoms with Gasteiger partial charge in [0.15, 0.2) is 5.78 Å². The minimum atomic E-state index is 0.0879. The average molecular weight is 260 g/mol. The summed E-state index contributed by atoms with van der Waals surface area (Å²) >= 11 is 0. The van der Waals surface area contributed by atoms with Crippen molar-refractivity contribution in [2.45, 2.75) is 13.8 Å². The fourth-order valence-electron chi connectivity index (χ4n) is 2.46. The van der Waals surface area contributed by atoms with Gasteiger partial charge >= 0.3 is 0 Å². The number of fused-ring (bicyclic) bond motifs is 1. The van der Waals surface area contributed by atoms with E-state index < -0.39 is 0 Å². The molecule has 0 unspecified atom stereocenters.